The number of nitrogens with two attached hydrogens (primary N) is 1. The molecule has 3 N–H and O–H groups in total. The molecule has 0 rings (SSSR count). The van der Waals surface area contributed by atoms with E-state index >= 15 is 0 Å². The molecular formula is C9H18N2O3. The molecule has 14 heavy (non-hydrogen) atoms. The van der Waals surface area contributed by atoms with Crippen LogP contribution in [0.1, 0.15) is 26.2 Å². The van der Waals surface area contributed by atoms with Crippen LogP contribution in [0.2, 0.25) is 0 Å². The number of amides is 2. The van der Waals surface area contributed by atoms with E-state index in [0.29, 0.717) is 6.42 Å². The second-order valence-corrected chi connectivity index (χ2v) is 3.10. The summed E-state index contributed by atoms with van der Waals surface area (Å²) < 4.78 is 4.62. The van der Waals surface area contributed by atoms with Crippen molar-refractivity contribution in [1.82, 2.24) is 5.32 Å². The molecule has 1 atom stereocenters. The van der Waals surface area contributed by atoms with Gasteiger partial charge in [0.15, 0.2) is 0 Å². The summed E-state index contributed by atoms with van der Waals surface area (Å²) in [5.74, 6) is -0.810. The van der Waals surface area contributed by atoms with Crippen LogP contribution < -0.4 is 11.1 Å². The monoisotopic (exact) mass is 202 g/mol. The second kappa shape index (κ2) is 7.32. The van der Waals surface area contributed by atoms with Crippen molar-refractivity contribution in [1.29, 1.82) is 0 Å². The molecule has 5 nitrogen and oxygen atoms in total. The van der Waals surface area contributed by atoms with Gasteiger partial charge in [-0.15, -0.1) is 0 Å². The Morgan fingerprint density at radius 3 is 2.57 bits per heavy atom. The molecule has 0 saturated heterocycles. The molecule has 0 aromatic heterocycles. The summed E-state index contributed by atoms with van der Waals surface area (Å²) >= 11 is 0. The number of methoxy groups -OCH3 is 1. The largest absolute Gasteiger partial charge is 0.375 e. The Hall–Kier alpha value is -1.10. The van der Waals surface area contributed by atoms with E-state index in [9.17, 15) is 9.59 Å². The predicted octanol–water partition coefficient (Wildman–Crippen LogP) is -0.207. The first-order chi connectivity index (χ1) is 6.61. The summed E-state index contributed by atoms with van der Waals surface area (Å²) in [6.07, 6.45) is 2.41. The molecule has 0 bridgehead atoms. The van der Waals surface area contributed by atoms with Crippen LogP contribution in [0.25, 0.3) is 0 Å². The van der Waals surface area contributed by atoms with E-state index in [-0.39, 0.29) is 12.5 Å². The van der Waals surface area contributed by atoms with Crippen molar-refractivity contribution >= 4 is 11.8 Å². The first kappa shape index (κ1) is 12.9. The number of unbranched alkanes of at least 4 members (excludes halogenated alkanes) is 1. The summed E-state index contributed by atoms with van der Waals surface area (Å²) in [5.41, 5.74) is 5.13. The fraction of sp³-hybridized carbons (Fsp3) is 0.778. The molecule has 0 saturated carbocycles. The van der Waals surface area contributed by atoms with Gasteiger partial charge in [0.25, 0.3) is 0 Å². The topological polar surface area (TPSA) is 81.4 Å². The highest BCUT2D eigenvalue weighted by Gasteiger charge is 2.16. The van der Waals surface area contributed by atoms with E-state index in [1.54, 1.807) is 0 Å². The fourth-order valence-corrected chi connectivity index (χ4v) is 1.06. The number of carbonyl (C=O) groups excluding carboxylic acids is 2. The highest BCUT2D eigenvalue weighted by molar-refractivity contribution is 5.86. The van der Waals surface area contributed by atoms with Crippen LogP contribution in [-0.4, -0.2) is 31.6 Å². The Morgan fingerprint density at radius 2 is 2.14 bits per heavy atom. The van der Waals surface area contributed by atoms with Crippen LogP contribution in [0.3, 0.4) is 0 Å². The molecule has 2 amide bonds. The third kappa shape index (κ3) is 5.53. The van der Waals surface area contributed by atoms with Crippen molar-refractivity contribution in [2.24, 2.45) is 5.73 Å². The van der Waals surface area contributed by atoms with Gasteiger partial charge in [0.2, 0.25) is 11.8 Å². The van der Waals surface area contributed by atoms with Gasteiger partial charge in [0, 0.05) is 7.11 Å². The lowest BCUT2D eigenvalue weighted by Crippen LogP contribution is -2.45. The number of primary amides is 1. The molecule has 0 aromatic rings. The van der Waals surface area contributed by atoms with Crippen molar-refractivity contribution in [2.75, 3.05) is 13.7 Å². The van der Waals surface area contributed by atoms with Crippen LogP contribution in [0.15, 0.2) is 0 Å². The van der Waals surface area contributed by atoms with Gasteiger partial charge in [-0.3, -0.25) is 9.59 Å². The van der Waals surface area contributed by atoms with E-state index in [0.717, 1.165) is 12.8 Å². The molecule has 0 fully saturated rings. The fourth-order valence-electron chi connectivity index (χ4n) is 1.06. The molecule has 0 spiro atoms. The zero-order valence-corrected chi connectivity index (χ0v) is 8.71. The number of nitrogens with one attached hydrogen (secondary N) is 1. The van der Waals surface area contributed by atoms with Gasteiger partial charge in [-0.05, 0) is 6.42 Å². The smallest absolute Gasteiger partial charge is 0.246 e. The number of hydrogen-bond donors (Lipinski definition) is 2. The Balaban J connectivity index is 3.95. The van der Waals surface area contributed by atoms with Crippen molar-refractivity contribution < 1.29 is 14.3 Å². The highest BCUT2D eigenvalue weighted by Crippen LogP contribution is 1.99. The van der Waals surface area contributed by atoms with Crippen LogP contribution in [-0.2, 0) is 14.3 Å². The lowest BCUT2D eigenvalue weighted by molar-refractivity contribution is -0.129. The maximum absolute atomic E-state index is 11.1. The molecular weight excluding hydrogens is 184 g/mol. The molecule has 0 heterocycles. The second-order valence-electron chi connectivity index (χ2n) is 3.10. The van der Waals surface area contributed by atoms with E-state index in [1.807, 2.05) is 6.92 Å². The van der Waals surface area contributed by atoms with Gasteiger partial charge in [-0.25, -0.2) is 0 Å². The van der Waals surface area contributed by atoms with Crippen molar-refractivity contribution in [3.63, 3.8) is 0 Å². The summed E-state index contributed by atoms with van der Waals surface area (Å²) in [6, 6.07) is -0.572. The van der Waals surface area contributed by atoms with Crippen LogP contribution >= 0.6 is 0 Å². The van der Waals surface area contributed by atoms with E-state index in [2.05, 4.69) is 10.1 Å². The lowest BCUT2D eigenvalue weighted by atomic mass is 10.1. The molecule has 0 unspecified atom stereocenters. The first-order valence-corrected chi connectivity index (χ1v) is 4.69. The average Bonchev–Trinajstić information content (AvgIpc) is 2.12. The maximum atomic E-state index is 11.1. The minimum atomic E-state index is -0.572. The third-order valence-electron chi connectivity index (χ3n) is 1.80. The molecule has 0 aliphatic rings. The molecule has 0 aliphatic carbocycles. The maximum Gasteiger partial charge on any atom is 0.246 e. The van der Waals surface area contributed by atoms with Crippen LogP contribution in [0.4, 0.5) is 0 Å². The predicted molar refractivity (Wildman–Crippen MR) is 52.5 cm³/mol. The highest BCUT2D eigenvalue weighted by atomic mass is 16.5. The van der Waals surface area contributed by atoms with Gasteiger partial charge in [0.05, 0.1) is 0 Å². The SMILES string of the molecule is CCCC[C@@H](NC(=O)COC)C(N)=O. The van der Waals surface area contributed by atoms with Crippen molar-refractivity contribution in [3.05, 3.63) is 0 Å². The Labute approximate surface area is 84.0 Å². The van der Waals surface area contributed by atoms with Gasteiger partial charge < -0.3 is 15.8 Å². The quantitative estimate of drug-likeness (QED) is 0.599. The van der Waals surface area contributed by atoms with E-state index < -0.39 is 11.9 Å². The normalized spacial score (nSPS) is 12.1. The van der Waals surface area contributed by atoms with Gasteiger partial charge >= 0.3 is 0 Å². The Morgan fingerprint density at radius 1 is 1.50 bits per heavy atom. The molecule has 82 valence electrons. The third-order valence-corrected chi connectivity index (χ3v) is 1.80. The zero-order chi connectivity index (χ0) is 11.0. The molecule has 0 aromatic carbocycles. The minimum Gasteiger partial charge on any atom is -0.375 e. The summed E-state index contributed by atoms with van der Waals surface area (Å²) in [6.45, 7) is 1.96. The average molecular weight is 202 g/mol. The minimum absolute atomic E-state index is 0.0457. The number of hydrogen-bond acceptors (Lipinski definition) is 3. The van der Waals surface area contributed by atoms with E-state index in [4.69, 9.17) is 5.73 Å². The zero-order valence-electron chi connectivity index (χ0n) is 8.71. The molecule has 5 heteroatoms. The Kier molecular flexibility index (Phi) is 6.74. The van der Waals surface area contributed by atoms with E-state index in [1.165, 1.54) is 7.11 Å². The van der Waals surface area contributed by atoms with Gasteiger partial charge in [-0.1, -0.05) is 19.8 Å². The Bertz CT molecular complexity index is 194. The van der Waals surface area contributed by atoms with Crippen molar-refractivity contribution in [3.8, 4) is 0 Å². The summed E-state index contributed by atoms with van der Waals surface area (Å²) in [5, 5.41) is 2.51. The summed E-state index contributed by atoms with van der Waals surface area (Å²) in [7, 11) is 1.42. The summed E-state index contributed by atoms with van der Waals surface area (Å²) in [4.78, 5) is 22.0. The number of ether oxygens (including phenoxy) is 1. The first-order valence-electron chi connectivity index (χ1n) is 4.69. The van der Waals surface area contributed by atoms with Crippen LogP contribution in [0, 0.1) is 0 Å². The number of rotatable bonds is 7. The lowest BCUT2D eigenvalue weighted by Gasteiger charge is -2.14. The number of carbonyl (C=O) groups is 2. The van der Waals surface area contributed by atoms with Crippen molar-refractivity contribution in [2.45, 2.75) is 32.2 Å². The van der Waals surface area contributed by atoms with Crippen LogP contribution in [0.5, 0.6) is 0 Å². The molecule has 0 aliphatic heterocycles. The van der Waals surface area contributed by atoms with Gasteiger partial charge in [0.1, 0.15) is 12.6 Å². The molecule has 0 radical (unpaired) electrons. The van der Waals surface area contributed by atoms with Gasteiger partial charge in [-0.2, -0.15) is 0 Å². The standard InChI is InChI=1S/C9H18N2O3/c1-3-4-5-7(9(10)13)11-8(12)6-14-2/h7H,3-6H2,1-2H3,(H2,10,13)(H,11,12)/t7-/m1/s1.